The Balaban J connectivity index is 2.11. The Bertz CT molecular complexity index is 419. The number of carbonyl (C=O) groups is 2. The maximum absolute atomic E-state index is 12.7. The lowest BCUT2D eigenvalue weighted by atomic mass is 9.99. The average molecular weight is 280 g/mol. The molecule has 1 heterocycles. The Hall–Kier alpha value is -1.20. The number of likely N-dealkylation sites (tertiary alicyclic amines) is 1. The van der Waals surface area contributed by atoms with Gasteiger partial charge in [-0.3, -0.25) is 9.59 Å². The fraction of sp³-hybridized carbons (Fsp3) is 0.733. The smallest absolute Gasteiger partial charge is 0.230 e. The molecule has 0 aromatic carbocycles. The highest BCUT2D eigenvalue weighted by Gasteiger charge is 2.41. The molecule has 2 fully saturated rings. The number of amides is 1. The number of carbonyl (C=O) groups excluding carboxylic acids is 2. The standard InChI is InChI=1S/C15H24N2O3/c1-10(18)14-8-12(19)9-17(14)15(20)13-5-3-4-11(13)6-7-16-2/h6,12-14,16,19H,3-5,7-9H2,1-2H3/b11-6+/t12-,13?,14+/m1/s1. The molecule has 1 saturated heterocycles. The Morgan fingerprint density at radius 2 is 2.25 bits per heavy atom. The molecule has 20 heavy (non-hydrogen) atoms. The van der Waals surface area contributed by atoms with Crippen molar-refractivity contribution < 1.29 is 14.7 Å². The molecular weight excluding hydrogens is 256 g/mol. The van der Waals surface area contributed by atoms with Gasteiger partial charge in [-0.15, -0.1) is 0 Å². The SMILES string of the molecule is CNC/C=C1\CCCC1C(=O)N1C[C@H](O)C[C@H]1C(C)=O. The molecule has 1 unspecified atom stereocenters. The molecule has 1 saturated carbocycles. The average Bonchev–Trinajstić information content (AvgIpc) is 3.01. The third-order valence-corrected chi connectivity index (χ3v) is 4.30. The lowest BCUT2D eigenvalue weighted by molar-refractivity contribution is -0.139. The van der Waals surface area contributed by atoms with E-state index in [1.807, 2.05) is 7.05 Å². The summed E-state index contributed by atoms with van der Waals surface area (Å²) in [4.78, 5) is 25.9. The number of rotatable bonds is 4. The van der Waals surface area contributed by atoms with Crippen LogP contribution >= 0.6 is 0 Å². The van der Waals surface area contributed by atoms with Gasteiger partial charge in [-0.1, -0.05) is 11.6 Å². The maximum Gasteiger partial charge on any atom is 0.230 e. The molecule has 5 nitrogen and oxygen atoms in total. The van der Waals surface area contributed by atoms with Gasteiger partial charge in [0.1, 0.15) is 0 Å². The van der Waals surface area contributed by atoms with Crippen LogP contribution in [0.2, 0.25) is 0 Å². The zero-order valence-corrected chi connectivity index (χ0v) is 12.3. The van der Waals surface area contributed by atoms with Crippen LogP contribution in [-0.4, -0.2) is 54.0 Å². The van der Waals surface area contributed by atoms with Crippen molar-refractivity contribution in [2.24, 2.45) is 5.92 Å². The van der Waals surface area contributed by atoms with Gasteiger partial charge < -0.3 is 15.3 Å². The summed E-state index contributed by atoms with van der Waals surface area (Å²) in [5.41, 5.74) is 1.17. The van der Waals surface area contributed by atoms with Crippen molar-refractivity contribution in [1.29, 1.82) is 0 Å². The van der Waals surface area contributed by atoms with Crippen LogP contribution in [0.15, 0.2) is 11.6 Å². The molecule has 1 aliphatic heterocycles. The predicted molar refractivity (Wildman–Crippen MR) is 76.2 cm³/mol. The van der Waals surface area contributed by atoms with E-state index in [4.69, 9.17) is 0 Å². The first kappa shape index (κ1) is 15.2. The van der Waals surface area contributed by atoms with Gasteiger partial charge in [-0.2, -0.15) is 0 Å². The van der Waals surface area contributed by atoms with Gasteiger partial charge in [0.25, 0.3) is 0 Å². The van der Waals surface area contributed by atoms with Crippen LogP contribution in [0.3, 0.4) is 0 Å². The van der Waals surface area contributed by atoms with Gasteiger partial charge in [0.15, 0.2) is 5.78 Å². The summed E-state index contributed by atoms with van der Waals surface area (Å²) in [6, 6.07) is -0.441. The molecule has 2 rings (SSSR count). The number of Topliss-reactive ketones (excluding diaryl/α,β-unsaturated/α-hetero) is 1. The number of aliphatic hydroxyl groups excluding tert-OH is 1. The third-order valence-electron chi connectivity index (χ3n) is 4.30. The second-order valence-corrected chi connectivity index (χ2v) is 5.79. The minimum Gasteiger partial charge on any atom is -0.391 e. The molecule has 1 aliphatic carbocycles. The molecule has 0 aromatic rings. The molecule has 3 atom stereocenters. The summed E-state index contributed by atoms with van der Waals surface area (Å²) in [5, 5.41) is 12.8. The van der Waals surface area contributed by atoms with Crippen LogP contribution in [0.4, 0.5) is 0 Å². The monoisotopic (exact) mass is 280 g/mol. The molecule has 112 valence electrons. The Morgan fingerprint density at radius 3 is 2.90 bits per heavy atom. The number of likely N-dealkylation sites (N-methyl/N-ethyl adjacent to an activating group) is 1. The molecule has 5 heteroatoms. The van der Waals surface area contributed by atoms with Crippen molar-refractivity contribution in [2.45, 2.75) is 44.8 Å². The minimum absolute atomic E-state index is 0.0154. The summed E-state index contributed by atoms with van der Waals surface area (Å²) >= 11 is 0. The van der Waals surface area contributed by atoms with Gasteiger partial charge in [0.2, 0.25) is 5.91 Å². The molecule has 2 aliphatic rings. The summed E-state index contributed by atoms with van der Waals surface area (Å²) in [6.45, 7) is 2.55. The van der Waals surface area contributed by atoms with E-state index in [1.165, 1.54) is 12.5 Å². The van der Waals surface area contributed by atoms with Crippen LogP contribution in [0.5, 0.6) is 0 Å². The summed E-state index contributed by atoms with van der Waals surface area (Å²) in [5.74, 6) is -0.120. The highest BCUT2D eigenvalue weighted by Crippen LogP contribution is 2.34. The second kappa shape index (κ2) is 6.50. The van der Waals surface area contributed by atoms with E-state index in [0.29, 0.717) is 13.0 Å². The molecule has 0 aromatic heterocycles. The first-order valence-electron chi connectivity index (χ1n) is 7.37. The van der Waals surface area contributed by atoms with Crippen molar-refractivity contribution >= 4 is 11.7 Å². The molecule has 0 spiro atoms. The van der Waals surface area contributed by atoms with E-state index < -0.39 is 12.1 Å². The summed E-state index contributed by atoms with van der Waals surface area (Å²) in [7, 11) is 1.88. The van der Waals surface area contributed by atoms with Crippen molar-refractivity contribution in [3.63, 3.8) is 0 Å². The highest BCUT2D eigenvalue weighted by molar-refractivity contribution is 5.90. The van der Waals surface area contributed by atoms with Crippen LogP contribution < -0.4 is 5.32 Å². The van der Waals surface area contributed by atoms with Gasteiger partial charge in [0.05, 0.1) is 18.1 Å². The number of ketones is 1. The van der Waals surface area contributed by atoms with Crippen molar-refractivity contribution in [1.82, 2.24) is 10.2 Å². The van der Waals surface area contributed by atoms with Crippen LogP contribution in [0, 0.1) is 5.92 Å². The van der Waals surface area contributed by atoms with Crippen molar-refractivity contribution in [2.75, 3.05) is 20.1 Å². The minimum atomic E-state index is -0.570. The second-order valence-electron chi connectivity index (χ2n) is 5.79. The lowest BCUT2D eigenvalue weighted by Gasteiger charge is -2.26. The number of aliphatic hydroxyl groups is 1. The molecule has 1 amide bonds. The Kier molecular flexibility index (Phi) is 4.94. The normalized spacial score (nSPS) is 32.0. The van der Waals surface area contributed by atoms with Gasteiger partial charge in [-0.05, 0) is 33.2 Å². The number of β-amino-alcohol motifs (C(OH)–C–C–N with tert-alkyl or cyclic N) is 1. The largest absolute Gasteiger partial charge is 0.391 e. The van der Waals surface area contributed by atoms with Crippen LogP contribution in [0.25, 0.3) is 0 Å². The van der Waals surface area contributed by atoms with Crippen LogP contribution in [0.1, 0.15) is 32.6 Å². The zero-order valence-electron chi connectivity index (χ0n) is 12.3. The Morgan fingerprint density at radius 1 is 1.50 bits per heavy atom. The van der Waals surface area contributed by atoms with E-state index in [1.54, 1.807) is 4.90 Å². The predicted octanol–water partition coefficient (Wildman–Crippen LogP) is 0.483. The number of hydrogen-bond donors (Lipinski definition) is 2. The van der Waals surface area contributed by atoms with E-state index >= 15 is 0 Å². The fourth-order valence-electron chi connectivity index (χ4n) is 3.27. The molecule has 0 bridgehead atoms. The molecule has 2 N–H and O–H groups in total. The van der Waals surface area contributed by atoms with Crippen molar-refractivity contribution in [3.05, 3.63) is 11.6 Å². The molecular formula is C15H24N2O3. The fourth-order valence-corrected chi connectivity index (χ4v) is 3.27. The lowest BCUT2D eigenvalue weighted by Crippen LogP contribution is -2.43. The highest BCUT2D eigenvalue weighted by atomic mass is 16.3. The van der Waals surface area contributed by atoms with Crippen molar-refractivity contribution in [3.8, 4) is 0 Å². The van der Waals surface area contributed by atoms with Crippen LogP contribution in [-0.2, 0) is 9.59 Å². The van der Waals surface area contributed by atoms with Gasteiger partial charge in [-0.25, -0.2) is 0 Å². The zero-order chi connectivity index (χ0) is 14.7. The Labute approximate surface area is 120 Å². The van der Waals surface area contributed by atoms with Gasteiger partial charge in [0, 0.05) is 19.5 Å². The number of nitrogens with zero attached hydrogens (tertiary/aromatic N) is 1. The van der Waals surface area contributed by atoms with E-state index in [0.717, 1.165) is 25.8 Å². The number of hydrogen-bond acceptors (Lipinski definition) is 4. The summed E-state index contributed by atoms with van der Waals surface area (Å²) in [6.07, 6.45) is 4.73. The maximum atomic E-state index is 12.7. The molecule has 0 radical (unpaired) electrons. The topological polar surface area (TPSA) is 69.6 Å². The van der Waals surface area contributed by atoms with E-state index in [9.17, 15) is 14.7 Å². The van der Waals surface area contributed by atoms with Gasteiger partial charge >= 0.3 is 0 Å². The summed E-state index contributed by atoms with van der Waals surface area (Å²) < 4.78 is 0. The van der Waals surface area contributed by atoms with E-state index in [2.05, 4.69) is 11.4 Å². The third kappa shape index (κ3) is 3.10. The van der Waals surface area contributed by atoms with E-state index in [-0.39, 0.29) is 17.6 Å². The first-order chi connectivity index (χ1) is 9.54. The number of nitrogens with one attached hydrogen (secondary N) is 1. The first-order valence-corrected chi connectivity index (χ1v) is 7.37. The quantitative estimate of drug-likeness (QED) is 0.735.